The number of nitrogens with one attached hydrogen (secondary N) is 2. The fourth-order valence-electron chi connectivity index (χ4n) is 3.06. The maximum Gasteiger partial charge on any atom is 0.573 e. The zero-order valence-electron chi connectivity index (χ0n) is 14.4. The Balaban J connectivity index is 1.59. The fourth-order valence-corrected chi connectivity index (χ4v) is 3.06. The molecule has 3 rings (SSSR count). The maximum absolute atomic E-state index is 12.5. The highest BCUT2D eigenvalue weighted by molar-refractivity contribution is 6.09. The first kappa shape index (κ1) is 19.0. The van der Waals surface area contributed by atoms with E-state index in [1.807, 2.05) is 0 Å². The van der Waals surface area contributed by atoms with Crippen LogP contribution in [0.25, 0.3) is 0 Å². The number of hydrogen-bond acceptors (Lipinski definition) is 4. The van der Waals surface area contributed by atoms with Gasteiger partial charge in [0, 0.05) is 12.1 Å². The average Bonchev–Trinajstić information content (AvgIpc) is 3.39. The minimum absolute atomic E-state index is 0.0633. The molecule has 1 aliphatic carbocycles. The first-order valence-corrected chi connectivity index (χ1v) is 8.34. The minimum Gasteiger partial charge on any atom is -0.405 e. The first-order valence-electron chi connectivity index (χ1n) is 8.34. The predicted molar refractivity (Wildman–Crippen MR) is 86.3 cm³/mol. The Hall–Kier alpha value is -2.78. The Morgan fingerprint density at radius 1 is 1.33 bits per heavy atom. The number of amides is 4. The van der Waals surface area contributed by atoms with Gasteiger partial charge in [-0.05, 0) is 31.7 Å². The van der Waals surface area contributed by atoms with Crippen LogP contribution in [-0.2, 0) is 16.1 Å². The summed E-state index contributed by atoms with van der Waals surface area (Å²) in [5.41, 5.74) is -0.881. The van der Waals surface area contributed by atoms with Crippen LogP contribution < -0.4 is 15.4 Å². The van der Waals surface area contributed by atoms with Gasteiger partial charge < -0.3 is 15.4 Å². The van der Waals surface area contributed by atoms with E-state index in [1.165, 1.54) is 18.2 Å². The van der Waals surface area contributed by atoms with Crippen molar-refractivity contribution in [2.45, 2.75) is 38.2 Å². The van der Waals surface area contributed by atoms with Gasteiger partial charge in [0.05, 0.1) is 0 Å². The van der Waals surface area contributed by atoms with Crippen molar-refractivity contribution in [3.05, 3.63) is 29.8 Å². The summed E-state index contributed by atoms with van der Waals surface area (Å²) in [6, 6.07) is 4.74. The van der Waals surface area contributed by atoms with E-state index < -0.39 is 42.0 Å². The molecule has 10 heteroatoms. The molecule has 1 saturated carbocycles. The third-order valence-corrected chi connectivity index (χ3v) is 4.67. The van der Waals surface area contributed by atoms with Gasteiger partial charge in [0.2, 0.25) is 5.91 Å². The topological polar surface area (TPSA) is 87.7 Å². The molecular weight excluding hydrogens is 367 g/mol. The Morgan fingerprint density at radius 3 is 2.63 bits per heavy atom. The van der Waals surface area contributed by atoms with E-state index in [0.29, 0.717) is 0 Å². The van der Waals surface area contributed by atoms with Crippen molar-refractivity contribution >= 4 is 17.8 Å². The Labute approximate surface area is 152 Å². The number of alkyl halides is 3. The zero-order valence-corrected chi connectivity index (χ0v) is 14.4. The first-order chi connectivity index (χ1) is 12.6. The van der Waals surface area contributed by atoms with Gasteiger partial charge in [-0.2, -0.15) is 0 Å². The van der Waals surface area contributed by atoms with Crippen molar-refractivity contribution in [2.24, 2.45) is 5.92 Å². The molecule has 0 aromatic heterocycles. The quantitative estimate of drug-likeness (QED) is 0.733. The lowest BCUT2D eigenvalue weighted by Crippen LogP contribution is -2.46. The van der Waals surface area contributed by atoms with Gasteiger partial charge in [-0.1, -0.05) is 18.2 Å². The van der Waals surface area contributed by atoms with E-state index in [-0.39, 0.29) is 18.0 Å². The minimum atomic E-state index is -4.85. The largest absolute Gasteiger partial charge is 0.573 e. The average molecular weight is 385 g/mol. The summed E-state index contributed by atoms with van der Waals surface area (Å²) in [5.74, 6) is -1.50. The van der Waals surface area contributed by atoms with Crippen molar-refractivity contribution in [2.75, 3.05) is 6.54 Å². The van der Waals surface area contributed by atoms with Gasteiger partial charge in [0.1, 0.15) is 17.8 Å². The Morgan fingerprint density at radius 2 is 2.00 bits per heavy atom. The number of nitrogens with zero attached hydrogens (tertiary/aromatic N) is 1. The summed E-state index contributed by atoms with van der Waals surface area (Å²) in [6.45, 7) is 0.886. The summed E-state index contributed by atoms with van der Waals surface area (Å²) in [5, 5.41) is 5.02. The molecule has 1 heterocycles. The van der Waals surface area contributed by atoms with Crippen molar-refractivity contribution in [1.29, 1.82) is 0 Å². The molecule has 1 atom stereocenters. The molecule has 0 spiro atoms. The molecule has 7 nitrogen and oxygen atoms in total. The van der Waals surface area contributed by atoms with Gasteiger partial charge in [-0.3, -0.25) is 14.5 Å². The number of hydrogen-bond donors (Lipinski definition) is 2. The van der Waals surface area contributed by atoms with Gasteiger partial charge in [-0.25, -0.2) is 4.79 Å². The summed E-state index contributed by atoms with van der Waals surface area (Å²) in [7, 11) is 0. The summed E-state index contributed by atoms with van der Waals surface area (Å²) >= 11 is 0. The van der Waals surface area contributed by atoms with E-state index in [1.54, 1.807) is 6.92 Å². The van der Waals surface area contributed by atoms with Crippen LogP contribution in [-0.4, -0.2) is 41.2 Å². The third-order valence-electron chi connectivity index (χ3n) is 4.67. The summed E-state index contributed by atoms with van der Waals surface area (Å²) in [4.78, 5) is 37.4. The molecule has 2 N–H and O–H groups in total. The second kappa shape index (κ2) is 6.75. The lowest BCUT2D eigenvalue weighted by molar-refractivity contribution is -0.274. The Bertz CT molecular complexity index is 779. The molecule has 1 saturated heterocycles. The monoisotopic (exact) mass is 385 g/mol. The van der Waals surface area contributed by atoms with E-state index in [9.17, 15) is 27.6 Å². The van der Waals surface area contributed by atoms with Crippen LogP contribution in [0.5, 0.6) is 5.75 Å². The molecule has 0 unspecified atom stereocenters. The van der Waals surface area contributed by atoms with Gasteiger partial charge in [-0.15, -0.1) is 13.2 Å². The number of para-hydroxylation sites is 1. The van der Waals surface area contributed by atoms with Gasteiger partial charge >= 0.3 is 12.4 Å². The van der Waals surface area contributed by atoms with Crippen LogP contribution in [0.1, 0.15) is 25.3 Å². The van der Waals surface area contributed by atoms with E-state index in [0.717, 1.165) is 23.8 Å². The van der Waals surface area contributed by atoms with Crippen LogP contribution in [0.4, 0.5) is 18.0 Å². The van der Waals surface area contributed by atoms with Crippen LogP contribution >= 0.6 is 0 Å². The SMILES string of the molecule is C[C@]1(C2CC2)NC(=O)N(CC(=O)NCc2ccccc2OC(F)(F)F)C1=O. The second-order valence-corrected chi connectivity index (χ2v) is 6.73. The number of imide groups is 1. The van der Waals surface area contributed by atoms with Crippen molar-refractivity contribution in [3.8, 4) is 5.75 Å². The number of carbonyl (C=O) groups is 3. The number of ether oxygens (including phenoxy) is 1. The normalized spacial score (nSPS) is 22.6. The number of halogens is 3. The third kappa shape index (κ3) is 4.15. The molecule has 2 aliphatic rings. The van der Waals surface area contributed by atoms with Gasteiger partial charge in [0.15, 0.2) is 0 Å². The predicted octanol–water partition coefficient (Wildman–Crippen LogP) is 1.92. The molecule has 1 aromatic carbocycles. The lowest BCUT2D eigenvalue weighted by atomic mass is 9.96. The number of rotatable bonds is 6. The molecule has 0 bridgehead atoms. The number of urea groups is 1. The molecule has 4 amide bonds. The number of benzene rings is 1. The molecule has 1 aliphatic heterocycles. The second-order valence-electron chi connectivity index (χ2n) is 6.73. The smallest absolute Gasteiger partial charge is 0.405 e. The van der Waals surface area contributed by atoms with E-state index in [2.05, 4.69) is 15.4 Å². The number of carbonyl (C=O) groups excluding carboxylic acids is 3. The van der Waals surface area contributed by atoms with Crippen molar-refractivity contribution in [3.63, 3.8) is 0 Å². The molecule has 146 valence electrons. The van der Waals surface area contributed by atoms with Crippen LogP contribution in [0.3, 0.4) is 0 Å². The molecule has 1 aromatic rings. The van der Waals surface area contributed by atoms with Crippen LogP contribution in [0.2, 0.25) is 0 Å². The highest BCUT2D eigenvalue weighted by Gasteiger charge is 2.56. The fraction of sp³-hybridized carbons (Fsp3) is 0.471. The molecular formula is C17H18F3N3O4. The van der Waals surface area contributed by atoms with Crippen molar-refractivity contribution < 1.29 is 32.3 Å². The molecule has 0 radical (unpaired) electrons. The van der Waals surface area contributed by atoms with Crippen LogP contribution in [0, 0.1) is 5.92 Å². The summed E-state index contributed by atoms with van der Waals surface area (Å²) < 4.78 is 41.2. The highest BCUT2D eigenvalue weighted by Crippen LogP contribution is 2.42. The lowest BCUT2D eigenvalue weighted by Gasteiger charge is -2.20. The zero-order chi connectivity index (χ0) is 19.8. The van der Waals surface area contributed by atoms with Gasteiger partial charge in [0.25, 0.3) is 5.91 Å². The Kier molecular flexibility index (Phi) is 4.75. The maximum atomic E-state index is 12.5. The van der Waals surface area contributed by atoms with Crippen molar-refractivity contribution in [1.82, 2.24) is 15.5 Å². The van der Waals surface area contributed by atoms with E-state index >= 15 is 0 Å². The van der Waals surface area contributed by atoms with Crippen LogP contribution in [0.15, 0.2) is 24.3 Å². The highest BCUT2D eigenvalue weighted by atomic mass is 19.4. The summed E-state index contributed by atoms with van der Waals surface area (Å²) in [6.07, 6.45) is -3.19. The molecule has 27 heavy (non-hydrogen) atoms. The molecule has 2 fully saturated rings. The van der Waals surface area contributed by atoms with E-state index in [4.69, 9.17) is 0 Å². The standard InChI is InChI=1S/C17H18F3N3O4/c1-16(11-6-7-11)14(25)23(15(26)22-16)9-13(24)21-8-10-4-2-3-5-12(10)27-17(18,19)20/h2-5,11H,6-9H2,1H3,(H,21,24)(H,22,26)/t16-/m1/s1.